The van der Waals surface area contributed by atoms with Gasteiger partial charge in [0.25, 0.3) is 11.5 Å². The number of carbonyl (C=O) groups is 1. The standard InChI is InChI=1S/C16H18N6O2/c1-9-6-10(20-12-7-11(17)18-8-19-12)15(24)22-13(9)14(23)21-16(22)4-2-3-5-16/h6-8H,2-5H2,1H3,(H,21,23)(H3,17,18,19,20). The minimum absolute atomic E-state index is 0.177. The van der Waals surface area contributed by atoms with Gasteiger partial charge in [-0.15, -0.1) is 0 Å². The van der Waals surface area contributed by atoms with Gasteiger partial charge in [0.15, 0.2) is 0 Å². The maximum atomic E-state index is 13.0. The number of fused-ring (bicyclic) bond motifs is 2. The zero-order chi connectivity index (χ0) is 16.9. The monoisotopic (exact) mass is 326 g/mol. The van der Waals surface area contributed by atoms with Gasteiger partial charge in [0.05, 0.1) is 0 Å². The summed E-state index contributed by atoms with van der Waals surface area (Å²) in [6.07, 6.45) is 4.86. The molecule has 0 aromatic carbocycles. The van der Waals surface area contributed by atoms with E-state index in [1.165, 1.54) is 6.33 Å². The molecule has 2 aromatic heterocycles. The second kappa shape index (κ2) is 5.05. The predicted octanol–water partition coefficient (Wildman–Crippen LogP) is 1.24. The van der Waals surface area contributed by atoms with E-state index >= 15 is 0 Å². The van der Waals surface area contributed by atoms with Crippen molar-refractivity contribution in [3.63, 3.8) is 0 Å². The van der Waals surface area contributed by atoms with E-state index in [9.17, 15) is 9.59 Å². The van der Waals surface area contributed by atoms with Crippen molar-refractivity contribution in [2.75, 3.05) is 11.1 Å². The lowest BCUT2D eigenvalue weighted by molar-refractivity contribution is 0.0920. The minimum Gasteiger partial charge on any atom is -0.384 e. The van der Waals surface area contributed by atoms with Gasteiger partial charge in [-0.25, -0.2) is 9.97 Å². The van der Waals surface area contributed by atoms with Crippen molar-refractivity contribution in [3.8, 4) is 0 Å². The van der Waals surface area contributed by atoms with Gasteiger partial charge in [0.2, 0.25) is 0 Å². The molecule has 0 unspecified atom stereocenters. The average Bonchev–Trinajstić information content (AvgIpc) is 3.10. The Morgan fingerprint density at radius 2 is 2.00 bits per heavy atom. The number of nitrogens with two attached hydrogens (primary N) is 1. The Labute approximate surface area is 138 Å². The lowest BCUT2D eigenvalue weighted by Gasteiger charge is -2.26. The molecule has 1 saturated carbocycles. The number of hydrogen-bond acceptors (Lipinski definition) is 6. The lowest BCUT2D eigenvalue weighted by atomic mass is 10.1. The molecule has 0 saturated heterocycles. The molecular weight excluding hydrogens is 308 g/mol. The molecule has 8 heteroatoms. The van der Waals surface area contributed by atoms with Crippen LogP contribution in [0.3, 0.4) is 0 Å². The number of rotatable bonds is 2. The number of carbonyl (C=O) groups excluding carboxylic acids is 1. The van der Waals surface area contributed by atoms with Gasteiger partial charge in [-0.1, -0.05) is 0 Å². The molecule has 8 nitrogen and oxygen atoms in total. The first-order chi connectivity index (χ1) is 11.5. The molecule has 4 rings (SSSR count). The topological polar surface area (TPSA) is 115 Å². The van der Waals surface area contributed by atoms with Crippen LogP contribution in [-0.4, -0.2) is 20.4 Å². The van der Waals surface area contributed by atoms with Gasteiger partial charge in [0.1, 0.15) is 35.0 Å². The van der Waals surface area contributed by atoms with Crippen molar-refractivity contribution in [1.29, 1.82) is 0 Å². The van der Waals surface area contributed by atoms with E-state index in [0.29, 0.717) is 23.0 Å². The molecule has 2 aromatic rings. The van der Waals surface area contributed by atoms with Gasteiger partial charge in [0, 0.05) is 6.07 Å². The fourth-order valence-corrected chi connectivity index (χ4v) is 3.74. The Balaban J connectivity index is 1.85. The molecule has 1 spiro atoms. The number of hydrogen-bond donors (Lipinski definition) is 3. The first-order valence-corrected chi connectivity index (χ1v) is 7.94. The van der Waals surface area contributed by atoms with Crippen molar-refractivity contribution in [1.82, 2.24) is 19.9 Å². The highest BCUT2D eigenvalue weighted by molar-refractivity contribution is 5.97. The zero-order valence-corrected chi connectivity index (χ0v) is 13.3. The molecule has 24 heavy (non-hydrogen) atoms. The molecule has 0 radical (unpaired) electrons. The summed E-state index contributed by atoms with van der Waals surface area (Å²) in [6.45, 7) is 1.83. The smallest absolute Gasteiger partial charge is 0.276 e. The fourth-order valence-electron chi connectivity index (χ4n) is 3.74. The van der Waals surface area contributed by atoms with Gasteiger partial charge in [-0.2, -0.15) is 0 Å². The Morgan fingerprint density at radius 1 is 1.25 bits per heavy atom. The van der Waals surface area contributed by atoms with Gasteiger partial charge in [-0.05, 0) is 44.2 Å². The van der Waals surface area contributed by atoms with Crippen LogP contribution in [0.1, 0.15) is 41.7 Å². The number of aryl methyl sites for hydroxylation is 1. The van der Waals surface area contributed by atoms with E-state index in [-0.39, 0.29) is 11.5 Å². The molecule has 1 fully saturated rings. The van der Waals surface area contributed by atoms with Crippen LogP contribution in [0.2, 0.25) is 0 Å². The predicted molar refractivity (Wildman–Crippen MR) is 89.1 cm³/mol. The third-order valence-electron chi connectivity index (χ3n) is 4.76. The van der Waals surface area contributed by atoms with Crippen molar-refractivity contribution < 1.29 is 4.79 Å². The number of pyridine rings is 1. The number of nitrogens with zero attached hydrogens (tertiary/aromatic N) is 3. The first-order valence-electron chi connectivity index (χ1n) is 7.94. The molecule has 3 heterocycles. The van der Waals surface area contributed by atoms with Crippen LogP contribution in [0.4, 0.5) is 17.3 Å². The minimum atomic E-state index is -0.587. The number of anilines is 3. The summed E-state index contributed by atoms with van der Waals surface area (Å²) in [6, 6.07) is 3.24. The number of nitrogens with one attached hydrogen (secondary N) is 2. The van der Waals surface area contributed by atoms with E-state index < -0.39 is 5.66 Å². The van der Waals surface area contributed by atoms with E-state index in [1.807, 2.05) is 6.92 Å². The number of nitrogen functional groups attached to an aromatic ring is 1. The SMILES string of the molecule is Cc1cc(Nc2cc(N)ncn2)c(=O)n2c1C(=O)NC21CCCC1. The zero-order valence-electron chi connectivity index (χ0n) is 13.3. The largest absolute Gasteiger partial charge is 0.384 e. The molecule has 1 amide bonds. The normalized spacial score (nSPS) is 17.8. The van der Waals surface area contributed by atoms with E-state index in [4.69, 9.17) is 5.73 Å². The second-order valence-corrected chi connectivity index (χ2v) is 6.38. The summed E-state index contributed by atoms with van der Waals surface area (Å²) >= 11 is 0. The summed E-state index contributed by atoms with van der Waals surface area (Å²) < 4.78 is 1.63. The molecule has 2 aliphatic rings. The molecule has 124 valence electrons. The highest BCUT2D eigenvalue weighted by Crippen LogP contribution is 2.38. The summed E-state index contributed by atoms with van der Waals surface area (Å²) in [5.74, 6) is 0.580. The first kappa shape index (κ1) is 14.7. The number of amides is 1. The third kappa shape index (κ3) is 2.06. The van der Waals surface area contributed by atoms with Crippen molar-refractivity contribution in [2.24, 2.45) is 0 Å². The Hall–Kier alpha value is -2.90. The Morgan fingerprint density at radius 3 is 2.71 bits per heavy atom. The van der Waals surface area contributed by atoms with E-state index in [0.717, 1.165) is 31.2 Å². The van der Waals surface area contributed by atoms with Crippen LogP contribution in [0, 0.1) is 6.92 Å². The maximum absolute atomic E-state index is 13.0. The average molecular weight is 326 g/mol. The van der Waals surface area contributed by atoms with Crippen LogP contribution in [0.5, 0.6) is 0 Å². The highest BCUT2D eigenvalue weighted by Gasteiger charge is 2.46. The summed E-state index contributed by atoms with van der Waals surface area (Å²) in [5, 5.41) is 6.03. The van der Waals surface area contributed by atoms with E-state index in [1.54, 1.807) is 16.7 Å². The Kier molecular flexibility index (Phi) is 3.09. The maximum Gasteiger partial charge on any atom is 0.276 e. The van der Waals surface area contributed by atoms with Gasteiger partial charge < -0.3 is 16.4 Å². The number of aromatic nitrogens is 3. The highest BCUT2D eigenvalue weighted by atomic mass is 16.2. The molecule has 0 atom stereocenters. The Bertz CT molecular complexity index is 898. The van der Waals surface area contributed by atoms with Crippen LogP contribution in [0.15, 0.2) is 23.3 Å². The van der Waals surface area contributed by atoms with Crippen LogP contribution in [0.25, 0.3) is 0 Å². The quantitative estimate of drug-likeness (QED) is 0.765. The van der Waals surface area contributed by atoms with Crippen molar-refractivity contribution in [2.45, 2.75) is 38.3 Å². The van der Waals surface area contributed by atoms with Crippen molar-refractivity contribution >= 4 is 23.2 Å². The lowest BCUT2D eigenvalue weighted by Crippen LogP contribution is -2.45. The summed E-state index contributed by atoms with van der Waals surface area (Å²) in [7, 11) is 0. The van der Waals surface area contributed by atoms with Crippen LogP contribution < -0.4 is 21.9 Å². The van der Waals surface area contributed by atoms with Crippen LogP contribution >= 0.6 is 0 Å². The fraction of sp³-hybridized carbons (Fsp3) is 0.375. The van der Waals surface area contributed by atoms with Gasteiger partial charge >= 0.3 is 0 Å². The van der Waals surface area contributed by atoms with Crippen molar-refractivity contribution in [3.05, 3.63) is 40.1 Å². The van der Waals surface area contributed by atoms with Crippen LogP contribution in [-0.2, 0) is 5.66 Å². The molecular formula is C16H18N6O2. The van der Waals surface area contributed by atoms with Gasteiger partial charge in [-0.3, -0.25) is 14.2 Å². The molecule has 0 bridgehead atoms. The third-order valence-corrected chi connectivity index (χ3v) is 4.76. The summed E-state index contributed by atoms with van der Waals surface area (Å²) in [4.78, 5) is 33.3. The molecule has 1 aliphatic carbocycles. The molecule has 1 aliphatic heterocycles. The second-order valence-electron chi connectivity index (χ2n) is 6.38. The van der Waals surface area contributed by atoms with E-state index in [2.05, 4.69) is 20.6 Å². The summed E-state index contributed by atoms with van der Waals surface area (Å²) in [5.41, 5.74) is 6.41. The molecule has 4 N–H and O–H groups in total.